The Kier molecular flexibility index (Phi) is 11.8. The molecule has 0 unspecified atom stereocenters. The normalized spacial score (nSPS) is 11.2. The molecule has 1 heterocycles. The first-order valence-electron chi connectivity index (χ1n) is 9.81. The molecule has 156 valence electrons. The number of para-hydroxylation sites is 1. The third-order valence-electron chi connectivity index (χ3n) is 4.21. The highest BCUT2D eigenvalue weighted by Gasteiger charge is 2.07. The summed E-state index contributed by atoms with van der Waals surface area (Å²) in [4.78, 5) is 11.5. The summed E-state index contributed by atoms with van der Waals surface area (Å²) in [6, 6.07) is 10.4. The zero-order valence-electron chi connectivity index (χ0n) is 17.5. The van der Waals surface area contributed by atoms with Crippen molar-refractivity contribution in [2.45, 2.75) is 33.2 Å². The Balaban J connectivity index is 0.00000392. The largest absolute Gasteiger partial charge is 0.382 e. The van der Waals surface area contributed by atoms with Gasteiger partial charge in [-0.15, -0.1) is 24.0 Å². The van der Waals surface area contributed by atoms with E-state index in [1.165, 1.54) is 5.56 Å². The lowest BCUT2D eigenvalue weighted by Crippen LogP contribution is -2.37. The molecule has 28 heavy (non-hydrogen) atoms. The van der Waals surface area contributed by atoms with Crippen molar-refractivity contribution in [3.05, 3.63) is 35.9 Å². The van der Waals surface area contributed by atoms with Crippen molar-refractivity contribution in [2.75, 3.05) is 45.3 Å². The van der Waals surface area contributed by atoms with E-state index >= 15 is 0 Å². The van der Waals surface area contributed by atoms with Crippen LogP contribution in [-0.2, 0) is 11.3 Å². The minimum atomic E-state index is 0. The molecule has 0 bridgehead atoms. The number of unbranched alkanes of at least 4 members (excludes halogenated alkanes) is 1. The SMILES string of the molecule is CCNC(=NCc1cc(N(C)C)nc2ccccc12)NCCCCOCC.I. The van der Waals surface area contributed by atoms with E-state index in [-0.39, 0.29) is 24.0 Å². The van der Waals surface area contributed by atoms with E-state index in [2.05, 4.69) is 35.8 Å². The van der Waals surface area contributed by atoms with Crippen LogP contribution in [0.2, 0.25) is 0 Å². The standard InChI is InChI=1S/C21H33N5O.HI/c1-5-22-21(23-13-9-10-14-27-6-2)24-16-17-15-20(26(3)4)25-19-12-8-7-11-18(17)19;/h7-8,11-12,15H,5-6,9-10,13-14,16H2,1-4H3,(H2,22,23,24);1H. The average molecular weight is 499 g/mol. The van der Waals surface area contributed by atoms with Gasteiger partial charge >= 0.3 is 0 Å². The topological polar surface area (TPSA) is 61.8 Å². The molecule has 0 atom stereocenters. The molecule has 2 aromatic rings. The number of aromatic nitrogens is 1. The number of ether oxygens (including phenoxy) is 1. The summed E-state index contributed by atoms with van der Waals surface area (Å²) in [5.41, 5.74) is 2.18. The minimum Gasteiger partial charge on any atom is -0.382 e. The van der Waals surface area contributed by atoms with Crippen molar-refractivity contribution < 1.29 is 4.74 Å². The van der Waals surface area contributed by atoms with Gasteiger partial charge in [0.15, 0.2) is 5.96 Å². The fourth-order valence-electron chi connectivity index (χ4n) is 2.78. The maximum absolute atomic E-state index is 5.38. The van der Waals surface area contributed by atoms with E-state index in [4.69, 9.17) is 14.7 Å². The molecular formula is C21H34IN5O. The zero-order chi connectivity index (χ0) is 19.5. The summed E-state index contributed by atoms with van der Waals surface area (Å²) in [6.45, 7) is 8.05. The summed E-state index contributed by atoms with van der Waals surface area (Å²) < 4.78 is 5.38. The lowest BCUT2D eigenvalue weighted by Gasteiger charge is -2.15. The first kappa shape index (κ1) is 24.4. The highest BCUT2D eigenvalue weighted by molar-refractivity contribution is 14.0. The molecule has 0 aliphatic carbocycles. The molecule has 0 fully saturated rings. The molecule has 0 saturated heterocycles. The van der Waals surface area contributed by atoms with Crippen molar-refractivity contribution in [3.63, 3.8) is 0 Å². The third-order valence-corrected chi connectivity index (χ3v) is 4.21. The first-order chi connectivity index (χ1) is 13.2. The third kappa shape index (κ3) is 7.79. The lowest BCUT2D eigenvalue weighted by molar-refractivity contribution is 0.143. The number of pyridine rings is 1. The second kappa shape index (κ2) is 13.5. The number of benzene rings is 1. The van der Waals surface area contributed by atoms with Gasteiger partial charge in [-0.1, -0.05) is 18.2 Å². The number of guanidine groups is 1. The Hall–Kier alpha value is -1.61. The predicted molar refractivity (Wildman–Crippen MR) is 130 cm³/mol. The van der Waals surface area contributed by atoms with Crippen molar-refractivity contribution in [1.29, 1.82) is 0 Å². The Morgan fingerprint density at radius 2 is 1.93 bits per heavy atom. The van der Waals surface area contributed by atoms with Gasteiger partial charge in [0.2, 0.25) is 0 Å². The van der Waals surface area contributed by atoms with Crippen LogP contribution in [0.5, 0.6) is 0 Å². The molecule has 0 amide bonds. The smallest absolute Gasteiger partial charge is 0.191 e. The van der Waals surface area contributed by atoms with Crippen LogP contribution in [0.3, 0.4) is 0 Å². The van der Waals surface area contributed by atoms with Gasteiger partial charge in [-0.25, -0.2) is 9.98 Å². The van der Waals surface area contributed by atoms with Gasteiger partial charge in [-0.3, -0.25) is 0 Å². The number of nitrogens with one attached hydrogen (secondary N) is 2. The molecule has 2 N–H and O–H groups in total. The summed E-state index contributed by atoms with van der Waals surface area (Å²) in [5, 5.41) is 7.88. The van der Waals surface area contributed by atoms with Gasteiger partial charge in [0.25, 0.3) is 0 Å². The second-order valence-electron chi connectivity index (χ2n) is 6.58. The summed E-state index contributed by atoms with van der Waals surface area (Å²) >= 11 is 0. The van der Waals surface area contributed by atoms with Crippen LogP contribution in [-0.4, -0.2) is 51.3 Å². The number of fused-ring (bicyclic) bond motifs is 1. The molecule has 0 aliphatic rings. The lowest BCUT2D eigenvalue weighted by atomic mass is 10.1. The maximum atomic E-state index is 5.38. The van der Waals surface area contributed by atoms with Crippen LogP contribution in [0.4, 0.5) is 5.82 Å². The van der Waals surface area contributed by atoms with E-state index in [1.807, 2.05) is 38.1 Å². The Labute approximate surface area is 186 Å². The van der Waals surface area contributed by atoms with Crippen LogP contribution in [0.1, 0.15) is 32.3 Å². The van der Waals surface area contributed by atoms with Gasteiger partial charge in [0, 0.05) is 45.8 Å². The molecule has 0 radical (unpaired) electrons. The highest BCUT2D eigenvalue weighted by atomic mass is 127. The Bertz CT molecular complexity index is 736. The fourth-order valence-corrected chi connectivity index (χ4v) is 2.78. The Morgan fingerprint density at radius 3 is 2.64 bits per heavy atom. The van der Waals surface area contributed by atoms with Gasteiger partial charge in [0.05, 0.1) is 12.1 Å². The quantitative estimate of drug-likeness (QED) is 0.226. The molecule has 2 rings (SSSR count). The first-order valence-corrected chi connectivity index (χ1v) is 9.81. The molecule has 0 spiro atoms. The van der Waals surface area contributed by atoms with Crippen LogP contribution in [0, 0.1) is 0 Å². The van der Waals surface area contributed by atoms with Gasteiger partial charge < -0.3 is 20.3 Å². The maximum Gasteiger partial charge on any atom is 0.191 e. The van der Waals surface area contributed by atoms with Crippen LogP contribution in [0.15, 0.2) is 35.3 Å². The molecule has 0 saturated carbocycles. The van der Waals surface area contributed by atoms with E-state index < -0.39 is 0 Å². The van der Waals surface area contributed by atoms with E-state index in [1.54, 1.807) is 0 Å². The zero-order valence-corrected chi connectivity index (χ0v) is 19.8. The van der Waals surface area contributed by atoms with Gasteiger partial charge in [-0.2, -0.15) is 0 Å². The molecule has 0 aliphatic heterocycles. The number of halogens is 1. The number of aliphatic imine (C=N–C) groups is 1. The summed E-state index contributed by atoms with van der Waals surface area (Å²) in [6.07, 6.45) is 2.12. The van der Waals surface area contributed by atoms with Crippen molar-refractivity contribution in [1.82, 2.24) is 15.6 Å². The van der Waals surface area contributed by atoms with Gasteiger partial charge in [-0.05, 0) is 44.4 Å². The predicted octanol–water partition coefficient (Wildman–Crippen LogP) is 3.79. The minimum absolute atomic E-state index is 0. The highest BCUT2D eigenvalue weighted by Crippen LogP contribution is 2.22. The molecule has 6 nitrogen and oxygen atoms in total. The number of hydrogen-bond acceptors (Lipinski definition) is 4. The van der Waals surface area contributed by atoms with Crippen LogP contribution in [0.25, 0.3) is 10.9 Å². The molecule has 7 heteroatoms. The second-order valence-corrected chi connectivity index (χ2v) is 6.58. The molecule has 1 aromatic carbocycles. The number of hydrogen-bond donors (Lipinski definition) is 2. The van der Waals surface area contributed by atoms with Crippen molar-refractivity contribution in [3.8, 4) is 0 Å². The average Bonchev–Trinajstić information content (AvgIpc) is 2.68. The fraction of sp³-hybridized carbons (Fsp3) is 0.524. The Morgan fingerprint density at radius 1 is 1.14 bits per heavy atom. The number of anilines is 1. The van der Waals surface area contributed by atoms with E-state index in [0.29, 0.717) is 6.54 Å². The number of rotatable bonds is 10. The monoisotopic (exact) mass is 499 g/mol. The van der Waals surface area contributed by atoms with Gasteiger partial charge in [0.1, 0.15) is 5.82 Å². The van der Waals surface area contributed by atoms with E-state index in [9.17, 15) is 0 Å². The van der Waals surface area contributed by atoms with Crippen LogP contribution >= 0.6 is 24.0 Å². The summed E-state index contributed by atoms with van der Waals surface area (Å²) in [5.74, 6) is 1.80. The molecule has 1 aromatic heterocycles. The van der Waals surface area contributed by atoms with Crippen molar-refractivity contribution in [2.24, 2.45) is 4.99 Å². The van der Waals surface area contributed by atoms with E-state index in [0.717, 1.165) is 61.8 Å². The van der Waals surface area contributed by atoms with Crippen molar-refractivity contribution >= 4 is 46.7 Å². The van der Waals surface area contributed by atoms with Crippen LogP contribution < -0.4 is 15.5 Å². The molecular weight excluding hydrogens is 465 g/mol. The number of nitrogens with zero attached hydrogens (tertiary/aromatic N) is 3. The summed E-state index contributed by atoms with van der Waals surface area (Å²) in [7, 11) is 4.02.